The summed E-state index contributed by atoms with van der Waals surface area (Å²) in [7, 11) is 1.95. The molecule has 4 nitrogen and oxygen atoms in total. The van der Waals surface area contributed by atoms with Gasteiger partial charge in [-0.05, 0) is 68.8 Å². The number of ether oxygens (including phenoxy) is 1. The van der Waals surface area contributed by atoms with Crippen molar-refractivity contribution in [3.8, 4) is 17.0 Å². The van der Waals surface area contributed by atoms with Gasteiger partial charge in [-0.15, -0.1) is 0 Å². The average Bonchev–Trinajstić information content (AvgIpc) is 3.47. The zero-order chi connectivity index (χ0) is 25.9. The summed E-state index contributed by atoms with van der Waals surface area (Å²) in [5.74, 6) is 0.173. The molecule has 0 amide bonds. The minimum Gasteiger partial charge on any atom is -0.493 e. The number of hydrogen-bond donors (Lipinski definition) is 0. The number of hydrogen-bond acceptors (Lipinski definition) is 4. The highest BCUT2D eigenvalue weighted by molar-refractivity contribution is 5.62. The van der Waals surface area contributed by atoms with Crippen molar-refractivity contribution in [1.29, 1.82) is 0 Å². The molecule has 1 aliphatic heterocycles. The molecule has 2 aromatic carbocycles. The predicted molar refractivity (Wildman–Crippen MR) is 122 cm³/mol. The molecule has 192 valence electrons. The fourth-order valence-electron chi connectivity index (χ4n) is 4.07. The maximum Gasteiger partial charge on any atom is 0.419 e. The molecule has 0 spiro atoms. The van der Waals surface area contributed by atoms with Gasteiger partial charge in [0.1, 0.15) is 17.7 Å². The van der Waals surface area contributed by atoms with Crippen LogP contribution in [0.3, 0.4) is 0 Å². The molecule has 0 radical (unpaired) electrons. The van der Waals surface area contributed by atoms with Crippen LogP contribution in [-0.2, 0) is 12.4 Å². The summed E-state index contributed by atoms with van der Waals surface area (Å²) in [5.41, 5.74) is -0.540. The molecule has 0 unspecified atom stereocenters. The van der Waals surface area contributed by atoms with Gasteiger partial charge in [-0.3, -0.25) is 4.90 Å². The van der Waals surface area contributed by atoms with Gasteiger partial charge in [-0.2, -0.15) is 26.3 Å². The SMILES string of the molecule is CN1CCC[C@H]1c1nc(-c2ccc(OCC/C=C/c3ccc(C(F)(F)F)cc3)c(C(F)(F)F)c2)co1. The Kier molecular flexibility index (Phi) is 7.44. The Morgan fingerprint density at radius 1 is 1.06 bits per heavy atom. The molecule has 1 fully saturated rings. The van der Waals surface area contributed by atoms with Crippen LogP contribution in [0, 0.1) is 0 Å². The number of oxazole rings is 1. The van der Waals surface area contributed by atoms with Crippen molar-refractivity contribution < 1.29 is 35.5 Å². The first-order valence-corrected chi connectivity index (χ1v) is 11.4. The summed E-state index contributed by atoms with van der Waals surface area (Å²) < 4.78 is 90.0. The standard InChI is InChI=1S/C26H24F6N2O2/c1-34-13-4-6-22(34)24-33-21(16-36-24)18-9-12-23(20(15-18)26(30,31)32)35-14-3-2-5-17-7-10-19(11-8-17)25(27,28)29/h2,5,7-12,15-16,22H,3-4,6,13-14H2,1H3/b5-2+/t22-/m0/s1. The molecule has 0 aliphatic carbocycles. The first kappa shape index (κ1) is 25.8. The van der Waals surface area contributed by atoms with Crippen LogP contribution >= 0.6 is 0 Å². The van der Waals surface area contributed by atoms with Crippen LogP contribution in [0.25, 0.3) is 17.3 Å². The maximum absolute atomic E-state index is 13.7. The van der Waals surface area contributed by atoms with E-state index in [0.717, 1.165) is 37.6 Å². The number of aromatic nitrogens is 1. The van der Waals surface area contributed by atoms with Gasteiger partial charge in [0.25, 0.3) is 0 Å². The second-order valence-electron chi connectivity index (χ2n) is 8.58. The van der Waals surface area contributed by atoms with Gasteiger partial charge < -0.3 is 9.15 Å². The second kappa shape index (κ2) is 10.4. The minimum atomic E-state index is -4.64. The Morgan fingerprint density at radius 2 is 1.81 bits per heavy atom. The van der Waals surface area contributed by atoms with Crippen LogP contribution in [0.5, 0.6) is 5.75 Å². The smallest absolute Gasteiger partial charge is 0.419 e. The number of likely N-dealkylation sites (tertiary alicyclic amines) is 1. The normalized spacial score (nSPS) is 17.2. The molecular weight excluding hydrogens is 486 g/mol. The van der Waals surface area contributed by atoms with E-state index < -0.39 is 23.5 Å². The minimum absolute atomic E-state index is 0.0130. The number of rotatable bonds is 7. The van der Waals surface area contributed by atoms with E-state index in [1.54, 1.807) is 12.2 Å². The molecule has 0 bridgehead atoms. The summed E-state index contributed by atoms with van der Waals surface area (Å²) in [6, 6.07) is 8.35. The number of alkyl halides is 6. The molecule has 1 aromatic heterocycles. The van der Waals surface area contributed by atoms with E-state index in [2.05, 4.69) is 9.88 Å². The third-order valence-corrected chi connectivity index (χ3v) is 6.00. The average molecular weight is 510 g/mol. The Balaban J connectivity index is 1.41. The Labute approximate surface area is 204 Å². The van der Waals surface area contributed by atoms with Crippen LogP contribution in [0.2, 0.25) is 0 Å². The summed E-state index contributed by atoms with van der Waals surface area (Å²) in [6.07, 6.45) is -2.33. The van der Waals surface area contributed by atoms with Crippen molar-refractivity contribution >= 4 is 6.08 Å². The summed E-state index contributed by atoms with van der Waals surface area (Å²) in [6.45, 7) is 0.869. The number of nitrogens with zero attached hydrogens (tertiary/aromatic N) is 2. The van der Waals surface area contributed by atoms with E-state index >= 15 is 0 Å². The monoisotopic (exact) mass is 510 g/mol. The molecule has 1 saturated heterocycles. The first-order valence-electron chi connectivity index (χ1n) is 11.4. The fourth-order valence-corrected chi connectivity index (χ4v) is 4.07. The Hall–Kier alpha value is -3.27. The maximum atomic E-state index is 13.7. The van der Waals surface area contributed by atoms with Crippen molar-refractivity contribution in [3.63, 3.8) is 0 Å². The van der Waals surface area contributed by atoms with Crippen LogP contribution < -0.4 is 4.74 Å². The van der Waals surface area contributed by atoms with Gasteiger partial charge in [-0.25, -0.2) is 4.98 Å². The lowest BCUT2D eigenvalue weighted by molar-refractivity contribution is -0.139. The third kappa shape index (κ3) is 6.10. The molecule has 0 saturated carbocycles. The highest BCUT2D eigenvalue weighted by atomic mass is 19.4. The highest BCUT2D eigenvalue weighted by Crippen LogP contribution is 2.39. The lowest BCUT2D eigenvalue weighted by Crippen LogP contribution is -2.17. The van der Waals surface area contributed by atoms with Crippen molar-refractivity contribution in [1.82, 2.24) is 9.88 Å². The fraction of sp³-hybridized carbons (Fsp3) is 0.346. The summed E-state index contributed by atoms with van der Waals surface area (Å²) in [5, 5.41) is 0. The number of halogens is 6. The first-order chi connectivity index (χ1) is 17.0. The number of benzene rings is 2. The molecule has 1 aliphatic rings. The zero-order valence-electron chi connectivity index (χ0n) is 19.4. The van der Waals surface area contributed by atoms with Gasteiger partial charge in [0, 0.05) is 5.56 Å². The Morgan fingerprint density at radius 3 is 2.44 bits per heavy atom. The lowest BCUT2D eigenvalue weighted by Gasteiger charge is -2.15. The molecule has 3 aromatic rings. The van der Waals surface area contributed by atoms with Gasteiger partial charge in [0.15, 0.2) is 0 Å². The third-order valence-electron chi connectivity index (χ3n) is 6.00. The molecule has 10 heteroatoms. The van der Waals surface area contributed by atoms with Crippen LogP contribution in [0.1, 0.15) is 47.9 Å². The van der Waals surface area contributed by atoms with Crippen molar-refractivity contribution in [2.24, 2.45) is 0 Å². The summed E-state index contributed by atoms with van der Waals surface area (Å²) in [4.78, 5) is 6.51. The highest BCUT2D eigenvalue weighted by Gasteiger charge is 2.35. The van der Waals surface area contributed by atoms with Crippen molar-refractivity contribution in [2.75, 3.05) is 20.2 Å². The van der Waals surface area contributed by atoms with Crippen LogP contribution in [0.4, 0.5) is 26.3 Å². The van der Waals surface area contributed by atoms with Gasteiger partial charge in [0.2, 0.25) is 5.89 Å². The molecule has 0 N–H and O–H groups in total. The van der Waals surface area contributed by atoms with E-state index in [-0.39, 0.29) is 30.4 Å². The van der Waals surface area contributed by atoms with E-state index in [9.17, 15) is 26.3 Å². The molecule has 1 atom stereocenters. The zero-order valence-corrected chi connectivity index (χ0v) is 19.4. The van der Waals surface area contributed by atoms with Crippen molar-refractivity contribution in [3.05, 3.63) is 77.4 Å². The predicted octanol–water partition coefficient (Wildman–Crippen LogP) is 7.63. The lowest BCUT2D eigenvalue weighted by atomic mass is 10.1. The second-order valence-corrected chi connectivity index (χ2v) is 8.58. The van der Waals surface area contributed by atoms with Gasteiger partial charge in [-0.1, -0.05) is 24.3 Å². The van der Waals surface area contributed by atoms with Gasteiger partial charge in [0.05, 0.1) is 23.8 Å². The summed E-state index contributed by atoms with van der Waals surface area (Å²) >= 11 is 0. The van der Waals surface area contributed by atoms with Gasteiger partial charge >= 0.3 is 12.4 Å². The topological polar surface area (TPSA) is 38.5 Å². The van der Waals surface area contributed by atoms with Crippen LogP contribution in [0.15, 0.2) is 59.2 Å². The van der Waals surface area contributed by atoms with E-state index in [1.807, 2.05) is 7.05 Å². The van der Waals surface area contributed by atoms with E-state index in [4.69, 9.17) is 9.15 Å². The molecule has 2 heterocycles. The Bertz CT molecular complexity index is 1200. The largest absolute Gasteiger partial charge is 0.493 e. The van der Waals surface area contributed by atoms with Crippen LogP contribution in [-0.4, -0.2) is 30.1 Å². The molecule has 4 rings (SSSR count). The molecular formula is C26H24F6N2O2. The van der Waals surface area contributed by atoms with Crippen molar-refractivity contribution in [2.45, 2.75) is 37.7 Å². The molecule has 36 heavy (non-hydrogen) atoms. The van der Waals surface area contributed by atoms with E-state index in [0.29, 0.717) is 17.1 Å². The quantitative estimate of drug-likeness (QED) is 0.242. The van der Waals surface area contributed by atoms with E-state index in [1.165, 1.54) is 30.5 Å².